The Morgan fingerprint density at radius 2 is 2.12 bits per heavy atom. The third-order valence-corrected chi connectivity index (χ3v) is 2.44. The van der Waals surface area contributed by atoms with E-state index in [1.54, 1.807) is 18.2 Å². The average molecular weight is 218 g/mol. The van der Waals surface area contributed by atoms with E-state index in [1.807, 2.05) is 6.07 Å². The van der Waals surface area contributed by atoms with Gasteiger partial charge in [-0.25, -0.2) is 0 Å². The Labute approximate surface area is 96.8 Å². The minimum atomic E-state index is 0.445. The molecule has 0 aliphatic heterocycles. The molecule has 0 saturated heterocycles. The summed E-state index contributed by atoms with van der Waals surface area (Å²) in [4.78, 5) is 0. The zero-order valence-electron chi connectivity index (χ0n) is 9.70. The Hall–Kier alpha value is -1.69. The molecule has 0 aromatic heterocycles. The average Bonchev–Trinajstić information content (AvgIpc) is 2.31. The number of nitriles is 1. The third kappa shape index (κ3) is 3.47. The summed E-state index contributed by atoms with van der Waals surface area (Å²) in [5, 5.41) is 8.80. The van der Waals surface area contributed by atoms with Gasteiger partial charge in [0.1, 0.15) is 11.8 Å². The topological polar surface area (TPSA) is 59.0 Å². The van der Waals surface area contributed by atoms with Gasteiger partial charge < -0.3 is 10.5 Å². The number of anilines is 1. The van der Waals surface area contributed by atoms with Crippen LogP contribution in [0, 0.1) is 11.3 Å². The molecule has 86 valence electrons. The first kappa shape index (κ1) is 12.4. The predicted molar refractivity (Wildman–Crippen MR) is 65.2 cm³/mol. The lowest BCUT2D eigenvalue weighted by Gasteiger charge is -2.09. The second kappa shape index (κ2) is 6.73. The third-order valence-electron chi connectivity index (χ3n) is 2.44. The van der Waals surface area contributed by atoms with Gasteiger partial charge >= 0.3 is 0 Å². The molecule has 0 aliphatic carbocycles. The molecule has 0 spiro atoms. The number of rotatable bonds is 6. The molecule has 16 heavy (non-hydrogen) atoms. The lowest BCUT2D eigenvalue weighted by atomic mass is 10.2. The zero-order valence-corrected chi connectivity index (χ0v) is 9.70. The molecule has 0 heterocycles. The molecule has 3 nitrogen and oxygen atoms in total. The maximum absolute atomic E-state index is 8.80. The number of para-hydroxylation sites is 1. The number of nitrogens with zero attached hydrogens (tertiary/aromatic N) is 1. The number of hydrogen-bond acceptors (Lipinski definition) is 3. The van der Waals surface area contributed by atoms with E-state index in [0.29, 0.717) is 23.6 Å². The Balaban J connectivity index is 2.45. The maximum Gasteiger partial charge on any atom is 0.143 e. The van der Waals surface area contributed by atoms with E-state index >= 15 is 0 Å². The van der Waals surface area contributed by atoms with Crippen molar-refractivity contribution in [1.82, 2.24) is 0 Å². The first-order valence-corrected chi connectivity index (χ1v) is 5.71. The summed E-state index contributed by atoms with van der Waals surface area (Å²) in [6, 6.07) is 7.32. The van der Waals surface area contributed by atoms with Crippen molar-refractivity contribution < 1.29 is 4.74 Å². The molecule has 1 aromatic carbocycles. The van der Waals surface area contributed by atoms with Crippen molar-refractivity contribution in [3.8, 4) is 11.8 Å². The van der Waals surface area contributed by atoms with Gasteiger partial charge in [0.15, 0.2) is 0 Å². The van der Waals surface area contributed by atoms with Gasteiger partial charge in [-0.3, -0.25) is 0 Å². The first-order valence-electron chi connectivity index (χ1n) is 5.71. The van der Waals surface area contributed by atoms with Gasteiger partial charge in [-0.2, -0.15) is 5.26 Å². The molecular formula is C13H18N2O. The van der Waals surface area contributed by atoms with E-state index in [4.69, 9.17) is 15.7 Å². The number of benzene rings is 1. The van der Waals surface area contributed by atoms with E-state index in [2.05, 4.69) is 6.92 Å². The van der Waals surface area contributed by atoms with Gasteiger partial charge in [0.05, 0.1) is 17.9 Å². The first-order chi connectivity index (χ1) is 7.79. The van der Waals surface area contributed by atoms with Crippen LogP contribution in [0.2, 0.25) is 0 Å². The Bertz CT molecular complexity index is 369. The van der Waals surface area contributed by atoms with Crippen LogP contribution in [0.1, 0.15) is 38.2 Å². The number of nitrogens with two attached hydrogens (primary N) is 1. The molecule has 0 fully saturated rings. The summed E-state index contributed by atoms with van der Waals surface area (Å²) in [6.07, 6.45) is 4.65. The van der Waals surface area contributed by atoms with Crippen molar-refractivity contribution in [3.05, 3.63) is 23.8 Å². The molecule has 0 saturated carbocycles. The SMILES string of the molecule is CCCCCCOc1cccc(C#N)c1N. The highest BCUT2D eigenvalue weighted by Crippen LogP contribution is 2.24. The van der Waals surface area contributed by atoms with Gasteiger partial charge in [0, 0.05) is 0 Å². The molecule has 3 heteroatoms. The molecule has 0 atom stereocenters. The lowest BCUT2D eigenvalue weighted by molar-refractivity contribution is 0.306. The fourth-order valence-electron chi connectivity index (χ4n) is 1.48. The summed E-state index contributed by atoms with van der Waals surface area (Å²) in [7, 11) is 0. The zero-order chi connectivity index (χ0) is 11.8. The normalized spacial score (nSPS) is 9.75. The van der Waals surface area contributed by atoms with Crippen LogP contribution in [-0.4, -0.2) is 6.61 Å². The summed E-state index contributed by atoms with van der Waals surface area (Å²) in [6.45, 7) is 2.84. The maximum atomic E-state index is 8.80. The summed E-state index contributed by atoms with van der Waals surface area (Å²) < 4.78 is 5.55. The minimum absolute atomic E-state index is 0.445. The van der Waals surface area contributed by atoms with Crippen LogP contribution < -0.4 is 10.5 Å². The number of nitrogen functional groups attached to an aromatic ring is 1. The van der Waals surface area contributed by atoms with Gasteiger partial charge in [0.2, 0.25) is 0 Å². The van der Waals surface area contributed by atoms with E-state index < -0.39 is 0 Å². The molecule has 1 rings (SSSR count). The van der Waals surface area contributed by atoms with Crippen LogP contribution in [0.5, 0.6) is 5.75 Å². The van der Waals surface area contributed by atoms with Crippen molar-refractivity contribution >= 4 is 5.69 Å². The highest BCUT2D eigenvalue weighted by Gasteiger charge is 2.04. The second-order valence-corrected chi connectivity index (χ2v) is 3.74. The van der Waals surface area contributed by atoms with Gasteiger partial charge in [-0.15, -0.1) is 0 Å². The standard InChI is InChI=1S/C13H18N2O/c1-2-3-4-5-9-16-12-8-6-7-11(10-14)13(12)15/h6-8H,2-5,9,15H2,1H3. The van der Waals surface area contributed by atoms with Crippen molar-refractivity contribution in [2.24, 2.45) is 0 Å². The van der Waals surface area contributed by atoms with Crippen molar-refractivity contribution in [1.29, 1.82) is 5.26 Å². The summed E-state index contributed by atoms with van der Waals surface area (Å²) >= 11 is 0. The fourth-order valence-corrected chi connectivity index (χ4v) is 1.48. The minimum Gasteiger partial charge on any atom is -0.491 e. The van der Waals surface area contributed by atoms with Crippen molar-refractivity contribution in [3.63, 3.8) is 0 Å². The van der Waals surface area contributed by atoms with Crippen molar-refractivity contribution in [2.45, 2.75) is 32.6 Å². The Kier molecular flexibility index (Phi) is 5.21. The Morgan fingerprint density at radius 3 is 2.81 bits per heavy atom. The van der Waals surface area contributed by atoms with Crippen LogP contribution in [0.3, 0.4) is 0 Å². The molecule has 0 radical (unpaired) electrons. The van der Waals surface area contributed by atoms with Crippen LogP contribution >= 0.6 is 0 Å². The molecule has 0 unspecified atom stereocenters. The van der Waals surface area contributed by atoms with E-state index in [0.717, 1.165) is 6.42 Å². The van der Waals surface area contributed by atoms with E-state index in [9.17, 15) is 0 Å². The van der Waals surface area contributed by atoms with Crippen LogP contribution in [0.4, 0.5) is 5.69 Å². The molecule has 0 bridgehead atoms. The second-order valence-electron chi connectivity index (χ2n) is 3.74. The highest BCUT2D eigenvalue weighted by molar-refractivity contribution is 5.62. The van der Waals surface area contributed by atoms with Crippen LogP contribution in [-0.2, 0) is 0 Å². The number of ether oxygens (including phenoxy) is 1. The number of hydrogen-bond donors (Lipinski definition) is 1. The molecular weight excluding hydrogens is 200 g/mol. The predicted octanol–water partition coefficient (Wildman–Crippen LogP) is 3.10. The van der Waals surface area contributed by atoms with Crippen LogP contribution in [0.15, 0.2) is 18.2 Å². The van der Waals surface area contributed by atoms with Gasteiger partial charge in [-0.1, -0.05) is 32.3 Å². The summed E-state index contributed by atoms with van der Waals surface area (Å²) in [5.74, 6) is 0.621. The lowest BCUT2D eigenvalue weighted by Crippen LogP contribution is -2.01. The quantitative estimate of drug-likeness (QED) is 0.589. The Morgan fingerprint density at radius 1 is 1.31 bits per heavy atom. The number of unbranched alkanes of at least 4 members (excludes halogenated alkanes) is 3. The van der Waals surface area contributed by atoms with Crippen molar-refractivity contribution in [2.75, 3.05) is 12.3 Å². The fraction of sp³-hybridized carbons (Fsp3) is 0.462. The van der Waals surface area contributed by atoms with E-state index in [-0.39, 0.29) is 0 Å². The summed E-state index contributed by atoms with van der Waals surface area (Å²) in [5.41, 5.74) is 6.71. The molecule has 2 N–H and O–H groups in total. The van der Waals surface area contributed by atoms with Gasteiger partial charge in [-0.05, 0) is 18.6 Å². The molecule has 1 aromatic rings. The molecule has 0 amide bonds. The largest absolute Gasteiger partial charge is 0.491 e. The van der Waals surface area contributed by atoms with Gasteiger partial charge in [0.25, 0.3) is 0 Å². The smallest absolute Gasteiger partial charge is 0.143 e. The van der Waals surface area contributed by atoms with Crippen LogP contribution in [0.25, 0.3) is 0 Å². The van der Waals surface area contributed by atoms with E-state index in [1.165, 1.54) is 19.3 Å². The molecule has 0 aliphatic rings. The highest BCUT2D eigenvalue weighted by atomic mass is 16.5. The monoisotopic (exact) mass is 218 g/mol.